The number of benzene rings is 1. The molecule has 0 amide bonds. The monoisotopic (exact) mass is 333 g/mol. The van der Waals surface area contributed by atoms with Crippen molar-refractivity contribution < 1.29 is 9.84 Å². The summed E-state index contributed by atoms with van der Waals surface area (Å²) in [6, 6.07) is 7.00. The molecule has 0 saturated carbocycles. The molecule has 0 spiro atoms. The SMILES string of the molecule is COCCCCCC1CCc2cc([C@@H](CN)CCCO)ccc2C1. The molecule has 1 unspecified atom stereocenters. The van der Waals surface area contributed by atoms with Crippen LogP contribution in [0.4, 0.5) is 0 Å². The van der Waals surface area contributed by atoms with Crippen molar-refractivity contribution in [2.24, 2.45) is 11.7 Å². The minimum Gasteiger partial charge on any atom is -0.396 e. The zero-order valence-electron chi connectivity index (χ0n) is 15.3. The van der Waals surface area contributed by atoms with Crippen molar-refractivity contribution in [1.82, 2.24) is 0 Å². The van der Waals surface area contributed by atoms with E-state index in [1.165, 1.54) is 56.1 Å². The summed E-state index contributed by atoms with van der Waals surface area (Å²) in [5.41, 5.74) is 10.4. The molecule has 0 saturated heterocycles. The molecule has 3 N–H and O–H groups in total. The molecule has 1 aromatic rings. The number of fused-ring (bicyclic) bond motifs is 1. The number of aliphatic hydroxyl groups excluding tert-OH is 1. The lowest BCUT2D eigenvalue weighted by atomic mass is 9.79. The van der Waals surface area contributed by atoms with E-state index in [4.69, 9.17) is 15.6 Å². The third kappa shape index (κ3) is 5.87. The lowest BCUT2D eigenvalue weighted by molar-refractivity contribution is 0.191. The van der Waals surface area contributed by atoms with Crippen molar-refractivity contribution in [2.45, 2.75) is 63.7 Å². The number of hydrogen-bond acceptors (Lipinski definition) is 3. The van der Waals surface area contributed by atoms with Gasteiger partial charge in [-0.1, -0.05) is 37.5 Å². The molecule has 3 heteroatoms. The first-order valence-corrected chi connectivity index (χ1v) is 9.70. The van der Waals surface area contributed by atoms with Crippen molar-refractivity contribution in [3.05, 3.63) is 34.9 Å². The number of aryl methyl sites for hydroxylation is 1. The summed E-state index contributed by atoms with van der Waals surface area (Å²) in [5.74, 6) is 1.24. The lowest BCUT2D eigenvalue weighted by Gasteiger charge is -2.26. The predicted octanol–water partition coefficient (Wildman–Crippen LogP) is 3.81. The van der Waals surface area contributed by atoms with E-state index in [2.05, 4.69) is 18.2 Å². The highest BCUT2D eigenvalue weighted by Crippen LogP contribution is 2.31. The third-order valence-corrected chi connectivity index (χ3v) is 5.49. The van der Waals surface area contributed by atoms with Crippen LogP contribution in [0.2, 0.25) is 0 Å². The highest BCUT2D eigenvalue weighted by atomic mass is 16.5. The Morgan fingerprint density at radius 1 is 1.21 bits per heavy atom. The van der Waals surface area contributed by atoms with Crippen LogP contribution in [0.15, 0.2) is 18.2 Å². The molecule has 0 bridgehead atoms. The summed E-state index contributed by atoms with van der Waals surface area (Å²) in [6.45, 7) is 1.82. The van der Waals surface area contributed by atoms with Gasteiger partial charge in [0, 0.05) is 20.3 Å². The van der Waals surface area contributed by atoms with Crippen LogP contribution < -0.4 is 5.73 Å². The van der Waals surface area contributed by atoms with Crippen molar-refractivity contribution in [3.63, 3.8) is 0 Å². The minimum absolute atomic E-state index is 0.257. The van der Waals surface area contributed by atoms with E-state index in [1.807, 2.05) is 0 Å². The van der Waals surface area contributed by atoms with Crippen LogP contribution in [0, 0.1) is 5.92 Å². The van der Waals surface area contributed by atoms with E-state index < -0.39 is 0 Å². The molecule has 0 aromatic heterocycles. The van der Waals surface area contributed by atoms with Crippen LogP contribution in [0.25, 0.3) is 0 Å². The van der Waals surface area contributed by atoms with Crippen molar-refractivity contribution >= 4 is 0 Å². The Morgan fingerprint density at radius 2 is 2.08 bits per heavy atom. The Hall–Kier alpha value is -0.900. The number of rotatable bonds is 11. The largest absolute Gasteiger partial charge is 0.396 e. The first-order valence-electron chi connectivity index (χ1n) is 9.70. The maximum Gasteiger partial charge on any atom is 0.0462 e. The van der Waals surface area contributed by atoms with Crippen LogP contribution >= 0.6 is 0 Å². The van der Waals surface area contributed by atoms with Gasteiger partial charge in [-0.05, 0) is 73.6 Å². The van der Waals surface area contributed by atoms with Gasteiger partial charge in [0.25, 0.3) is 0 Å². The number of methoxy groups -OCH3 is 1. The average Bonchev–Trinajstić information content (AvgIpc) is 2.62. The lowest BCUT2D eigenvalue weighted by Crippen LogP contribution is -2.17. The number of hydrogen-bond donors (Lipinski definition) is 2. The Bertz CT molecular complexity index is 475. The van der Waals surface area contributed by atoms with Crippen LogP contribution in [-0.4, -0.2) is 32.0 Å². The normalized spacial score (nSPS) is 18.4. The van der Waals surface area contributed by atoms with Gasteiger partial charge in [-0.2, -0.15) is 0 Å². The molecule has 0 aliphatic heterocycles. The van der Waals surface area contributed by atoms with Gasteiger partial charge in [-0.3, -0.25) is 0 Å². The number of aliphatic hydroxyl groups is 1. The minimum atomic E-state index is 0.257. The van der Waals surface area contributed by atoms with Crippen molar-refractivity contribution in [3.8, 4) is 0 Å². The Morgan fingerprint density at radius 3 is 2.83 bits per heavy atom. The molecule has 2 rings (SSSR count). The summed E-state index contributed by atoms with van der Waals surface area (Å²) in [5, 5.41) is 9.05. The van der Waals surface area contributed by atoms with Crippen LogP contribution in [0.5, 0.6) is 0 Å². The Kier molecular flexibility index (Phi) is 8.79. The van der Waals surface area contributed by atoms with Crippen molar-refractivity contribution in [1.29, 1.82) is 0 Å². The van der Waals surface area contributed by atoms with Gasteiger partial charge < -0.3 is 15.6 Å². The molecule has 0 radical (unpaired) electrons. The van der Waals surface area contributed by atoms with Gasteiger partial charge in [-0.25, -0.2) is 0 Å². The molecule has 1 aromatic carbocycles. The first-order chi connectivity index (χ1) is 11.8. The first kappa shape index (κ1) is 19.4. The quantitative estimate of drug-likeness (QED) is 0.605. The third-order valence-electron chi connectivity index (χ3n) is 5.49. The fourth-order valence-electron chi connectivity index (χ4n) is 3.97. The van der Waals surface area contributed by atoms with Gasteiger partial charge in [0.1, 0.15) is 0 Å². The van der Waals surface area contributed by atoms with E-state index >= 15 is 0 Å². The van der Waals surface area contributed by atoms with Crippen LogP contribution in [0.3, 0.4) is 0 Å². The molecule has 1 aliphatic rings. The van der Waals surface area contributed by atoms with Gasteiger partial charge >= 0.3 is 0 Å². The van der Waals surface area contributed by atoms with E-state index in [-0.39, 0.29) is 6.61 Å². The van der Waals surface area contributed by atoms with E-state index in [1.54, 1.807) is 12.7 Å². The summed E-state index contributed by atoms with van der Waals surface area (Å²) < 4.78 is 5.12. The molecule has 24 heavy (non-hydrogen) atoms. The summed E-state index contributed by atoms with van der Waals surface area (Å²) in [6.07, 6.45) is 10.8. The maximum atomic E-state index is 9.05. The Labute approximate surface area is 147 Å². The summed E-state index contributed by atoms with van der Waals surface area (Å²) >= 11 is 0. The van der Waals surface area contributed by atoms with E-state index in [9.17, 15) is 0 Å². The maximum absolute atomic E-state index is 9.05. The van der Waals surface area contributed by atoms with Crippen molar-refractivity contribution in [2.75, 3.05) is 26.9 Å². The molecule has 3 nitrogen and oxygen atoms in total. The second kappa shape index (κ2) is 10.9. The average molecular weight is 334 g/mol. The second-order valence-corrected chi connectivity index (χ2v) is 7.28. The number of unbranched alkanes of at least 4 members (excludes halogenated alkanes) is 2. The van der Waals surface area contributed by atoms with E-state index in [0.717, 1.165) is 25.4 Å². The second-order valence-electron chi connectivity index (χ2n) is 7.28. The zero-order chi connectivity index (χ0) is 17.2. The Balaban J connectivity index is 1.86. The zero-order valence-corrected chi connectivity index (χ0v) is 15.3. The fraction of sp³-hybridized carbons (Fsp3) is 0.714. The summed E-state index contributed by atoms with van der Waals surface area (Å²) in [7, 11) is 1.78. The van der Waals surface area contributed by atoms with E-state index in [0.29, 0.717) is 12.5 Å². The van der Waals surface area contributed by atoms with Crippen LogP contribution in [0.1, 0.15) is 67.6 Å². The highest BCUT2D eigenvalue weighted by molar-refractivity contribution is 5.36. The molecule has 2 atom stereocenters. The number of ether oxygens (including phenoxy) is 1. The molecule has 0 fully saturated rings. The predicted molar refractivity (Wildman–Crippen MR) is 100 cm³/mol. The topological polar surface area (TPSA) is 55.5 Å². The number of nitrogens with two attached hydrogens (primary N) is 1. The molecular weight excluding hydrogens is 298 g/mol. The van der Waals surface area contributed by atoms with Gasteiger partial charge in [0.2, 0.25) is 0 Å². The summed E-state index contributed by atoms with van der Waals surface area (Å²) in [4.78, 5) is 0. The smallest absolute Gasteiger partial charge is 0.0462 e. The van der Waals surface area contributed by atoms with Gasteiger partial charge in [0.15, 0.2) is 0 Å². The standard InChI is InChI=1S/C21H35NO2/c1-24-13-4-2-3-6-17-8-9-19-15-20(11-10-18(19)14-17)21(16-22)7-5-12-23/h10-11,15,17,21,23H,2-9,12-14,16,22H2,1H3/t17?,21-/m1/s1. The molecular formula is C21H35NO2. The van der Waals surface area contributed by atoms with Gasteiger partial charge in [0.05, 0.1) is 0 Å². The highest BCUT2D eigenvalue weighted by Gasteiger charge is 2.20. The molecule has 136 valence electrons. The molecule has 0 heterocycles. The fourth-order valence-corrected chi connectivity index (χ4v) is 3.97. The van der Waals surface area contributed by atoms with Gasteiger partial charge in [-0.15, -0.1) is 0 Å². The molecule has 1 aliphatic carbocycles. The van der Waals surface area contributed by atoms with Crippen LogP contribution in [-0.2, 0) is 17.6 Å².